The molecule has 0 aliphatic heterocycles. The SMILES string of the molecule is OC(CCCCl)Cc1cccc(Cl)c1. The zero-order chi connectivity index (χ0) is 10.4. The number of aliphatic hydroxyl groups is 1. The van der Waals surface area contributed by atoms with Crippen LogP contribution in [-0.4, -0.2) is 17.1 Å². The first-order chi connectivity index (χ1) is 6.72. The van der Waals surface area contributed by atoms with Crippen molar-refractivity contribution in [3.8, 4) is 0 Å². The molecule has 0 spiro atoms. The Morgan fingerprint density at radius 1 is 1.36 bits per heavy atom. The maximum atomic E-state index is 9.62. The maximum absolute atomic E-state index is 9.62. The summed E-state index contributed by atoms with van der Waals surface area (Å²) in [6.45, 7) is 0. The number of rotatable bonds is 5. The van der Waals surface area contributed by atoms with Crippen LogP contribution in [0.2, 0.25) is 5.02 Å². The van der Waals surface area contributed by atoms with Crippen molar-refractivity contribution in [1.82, 2.24) is 0 Å². The van der Waals surface area contributed by atoms with Gasteiger partial charge >= 0.3 is 0 Å². The van der Waals surface area contributed by atoms with Gasteiger partial charge < -0.3 is 5.11 Å². The number of hydrogen-bond donors (Lipinski definition) is 1. The van der Waals surface area contributed by atoms with Crippen LogP contribution in [-0.2, 0) is 6.42 Å². The van der Waals surface area contributed by atoms with E-state index >= 15 is 0 Å². The number of hydrogen-bond acceptors (Lipinski definition) is 1. The van der Waals surface area contributed by atoms with E-state index in [-0.39, 0.29) is 6.10 Å². The molecule has 0 radical (unpaired) electrons. The minimum atomic E-state index is -0.313. The number of halogens is 2. The quantitative estimate of drug-likeness (QED) is 0.774. The lowest BCUT2D eigenvalue weighted by Crippen LogP contribution is -2.10. The van der Waals surface area contributed by atoms with Gasteiger partial charge in [0.1, 0.15) is 0 Å². The molecule has 1 aromatic rings. The van der Waals surface area contributed by atoms with Gasteiger partial charge in [-0.1, -0.05) is 23.7 Å². The number of aliphatic hydroxyl groups excluding tert-OH is 1. The van der Waals surface area contributed by atoms with Crippen LogP contribution in [0.15, 0.2) is 24.3 Å². The Balaban J connectivity index is 2.43. The van der Waals surface area contributed by atoms with Crippen LogP contribution in [0.3, 0.4) is 0 Å². The summed E-state index contributed by atoms with van der Waals surface area (Å²) in [5.74, 6) is 0.604. The van der Waals surface area contributed by atoms with Crippen LogP contribution in [0.5, 0.6) is 0 Å². The van der Waals surface area contributed by atoms with Gasteiger partial charge in [-0.3, -0.25) is 0 Å². The van der Waals surface area contributed by atoms with Crippen LogP contribution in [0.1, 0.15) is 18.4 Å². The molecule has 0 saturated carbocycles. The molecule has 1 nitrogen and oxygen atoms in total. The number of alkyl halides is 1. The molecule has 0 heterocycles. The van der Waals surface area contributed by atoms with Crippen molar-refractivity contribution in [3.05, 3.63) is 34.9 Å². The molecule has 0 aromatic heterocycles. The van der Waals surface area contributed by atoms with E-state index in [1.807, 2.05) is 24.3 Å². The second-order valence-corrected chi connectivity index (χ2v) is 4.13. The molecule has 78 valence electrons. The molecule has 0 aliphatic carbocycles. The number of benzene rings is 1. The maximum Gasteiger partial charge on any atom is 0.0581 e. The topological polar surface area (TPSA) is 20.2 Å². The van der Waals surface area contributed by atoms with Crippen LogP contribution < -0.4 is 0 Å². The Morgan fingerprint density at radius 3 is 2.79 bits per heavy atom. The molecular formula is C11H14Cl2O. The highest BCUT2D eigenvalue weighted by Crippen LogP contribution is 2.13. The predicted molar refractivity (Wildman–Crippen MR) is 61.1 cm³/mol. The minimum absolute atomic E-state index is 0.313. The van der Waals surface area contributed by atoms with Gasteiger partial charge in [0.2, 0.25) is 0 Å². The summed E-state index contributed by atoms with van der Waals surface area (Å²) >= 11 is 11.4. The van der Waals surface area contributed by atoms with Gasteiger partial charge in [0.15, 0.2) is 0 Å². The first-order valence-corrected chi connectivity index (χ1v) is 5.62. The van der Waals surface area contributed by atoms with Crippen molar-refractivity contribution in [1.29, 1.82) is 0 Å². The minimum Gasteiger partial charge on any atom is -0.393 e. The van der Waals surface area contributed by atoms with E-state index in [1.54, 1.807) is 0 Å². The molecule has 1 unspecified atom stereocenters. The second kappa shape index (κ2) is 6.28. The molecule has 0 amide bonds. The highest BCUT2D eigenvalue weighted by Gasteiger charge is 2.05. The largest absolute Gasteiger partial charge is 0.393 e. The van der Waals surface area contributed by atoms with E-state index in [4.69, 9.17) is 23.2 Å². The van der Waals surface area contributed by atoms with Gasteiger partial charge in [-0.2, -0.15) is 0 Å². The highest BCUT2D eigenvalue weighted by molar-refractivity contribution is 6.30. The van der Waals surface area contributed by atoms with E-state index in [0.717, 1.165) is 18.4 Å². The molecule has 0 bridgehead atoms. The van der Waals surface area contributed by atoms with Crippen LogP contribution >= 0.6 is 23.2 Å². The average Bonchev–Trinajstić information content (AvgIpc) is 2.15. The zero-order valence-electron chi connectivity index (χ0n) is 7.92. The van der Waals surface area contributed by atoms with Crippen molar-refractivity contribution < 1.29 is 5.11 Å². The Kier molecular flexibility index (Phi) is 5.31. The van der Waals surface area contributed by atoms with Gasteiger partial charge in [-0.05, 0) is 37.0 Å². The summed E-state index contributed by atoms with van der Waals surface area (Å²) in [5.41, 5.74) is 1.07. The van der Waals surface area contributed by atoms with Crippen LogP contribution in [0, 0.1) is 0 Å². The molecule has 1 N–H and O–H groups in total. The molecular weight excluding hydrogens is 219 g/mol. The third-order valence-corrected chi connectivity index (χ3v) is 2.53. The molecule has 0 saturated heterocycles. The van der Waals surface area contributed by atoms with Crippen molar-refractivity contribution in [2.24, 2.45) is 0 Å². The van der Waals surface area contributed by atoms with Crippen molar-refractivity contribution in [2.45, 2.75) is 25.4 Å². The van der Waals surface area contributed by atoms with Gasteiger partial charge in [0, 0.05) is 10.9 Å². The van der Waals surface area contributed by atoms with E-state index in [0.29, 0.717) is 17.3 Å². The monoisotopic (exact) mass is 232 g/mol. The highest BCUT2D eigenvalue weighted by atomic mass is 35.5. The lowest BCUT2D eigenvalue weighted by Gasteiger charge is -2.09. The predicted octanol–water partition coefficient (Wildman–Crippen LogP) is 3.26. The van der Waals surface area contributed by atoms with Crippen molar-refractivity contribution in [2.75, 3.05) is 5.88 Å². The van der Waals surface area contributed by atoms with Gasteiger partial charge in [0.05, 0.1) is 6.10 Å². The Hall–Kier alpha value is -0.240. The summed E-state index contributed by atoms with van der Waals surface area (Å²) in [4.78, 5) is 0. The third kappa shape index (κ3) is 4.32. The fraction of sp³-hybridized carbons (Fsp3) is 0.455. The molecule has 1 aromatic carbocycles. The van der Waals surface area contributed by atoms with Gasteiger partial charge in [-0.15, -0.1) is 11.6 Å². The first kappa shape index (κ1) is 11.8. The Labute approximate surface area is 94.7 Å². The van der Waals surface area contributed by atoms with Crippen LogP contribution in [0.4, 0.5) is 0 Å². The summed E-state index contributed by atoms with van der Waals surface area (Å²) in [7, 11) is 0. The molecule has 3 heteroatoms. The molecule has 14 heavy (non-hydrogen) atoms. The summed E-state index contributed by atoms with van der Waals surface area (Å²) in [5, 5.41) is 10.3. The lowest BCUT2D eigenvalue weighted by atomic mass is 10.0. The van der Waals surface area contributed by atoms with Gasteiger partial charge in [-0.25, -0.2) is 0 Å². The fourth-order valence-electron chi connectivity index (χ4n) is 1.35. The summed E-state index contributed by atoms with van der Waals surface area (Å²) < 4.78 is 0. The zero-order valence-corrected chi connectivity index (χ0v) is 9.43. The fourth-order valence-corrected chi connectivity index (χ4v) is 1.72. The summed E-state index contributed by atoms with van der Waals surface area (Å²) in [6.07, 6.45) is 1.93. The Bertz CT molecular complexity index is 276. The van der Waals surface area contributed by atoms with E-state index < -0.39 is 0 Å². The lowest BCUT2D eigenvalue weighted by molar-refractivity contribution is 0.164. The second-order valence-electron chi connectivity index (χ2n) is 3.32. The standard InChI is InChI=1S/C11H14Cl2O/c12-6-2-5-11(14)8-9-3-1-4-10(13)7-9/h1,3-4,7,11,14H,2,5-6,8H2. The van der Waals surface area contributed by atoms with Gasteiger partial charge in [0.25, 0.3) is 0 Å². The van der Waals surface area contributed by atoms with Crippen molar-refractivity contribution in [3.63, 3.8) is 0 Å². The summed E-state index contributed by atoms with van der Waals surface area (Å²) in [6, 6.07) is 7.57. The molecule has 1 rings (SSSR count). The molecule has 0 aliphatic rings. The molecule has 1 atom stereocenters. The average molecular weight is 233 g/mol. The third-order valence-electron chi connectivity index (χ3n) is 2.03. The van der Waals surface area contributed by atoms with E-state index in [2.05, 4.69) is 0 Å². The van der Waals surface area contributed by atoms with E-state index in [1.165, 1.54) is 0 Å². The van der Waals surface area contributed by atoms with E-state index in [9.17, 15) is 5.11 Å². The Morgan fingerprint density at radius 2 is 2.14 bits per heavy atom. The van der Waals surface area contributed by atoms with Crippen LogP contribution in [0.25, 0.3) is 0 Å². The first-order valence-electron chi connectivity index (χ1n) is 4.71. The normalized spacial score (nSPS) is 12.8. The molecule has 0 fully saturated rings. The van der Waals surface area contributed by atoms with Crippen molar-refractivity contribution >= 4 is 23.2 Å². The smallest absolute Gasteiger partial charge is 0.0581 e.